The summed E-state index contributed by atoms with van der Waals surface area (Å²) in [7, 11) is 0. The Morgan fingerprint density at radius 3 is 2.87 bits per heavy atom. The number of rotatable bonds is 3. The molecule has 1 saturated heterocycles. The summed E-state index contributed by atoms with van der Waals surface area (Å²) in [6.07, 6.45) is 2.12. The molecule has 0 bridgehead atoms. The van der Waals surface area contributed by atoms with Gasteiger partial charge in [-0.1, -0.05) is 40.6 Å². The van der Waals surface area contributed by atoms with Crippen LogP contribution >= 0.6 is 0 Å². The first-order chi connectivity index (χ1) is 11.3. The zero-order valence-electron chi connectivity index (χ0n) is 12.3. The molecule has 3 heterocycles. The van der Waals surface area contributed by atoms with Crippen LogP contribution in [0.1, 0.15) is 28.7 Å². The summed E-state index contributed by atoms with van der Waals surface area (Å²) in [5.41, 5.74) is 1.21. The largest absolute Gasteiger partial charge is 0.355 e. The minimum Gasteiger partial charge on any atom is -0.355 e. The molecular formula is C16H14N4O3. The van der Waals surface area contributed by atoms with Gasteiger partial charge in [-0.25, -0.2) is 0 Å². The Hall–Kier alpha value is -2.96. The summed E-state index contributed by atoms with van der Waals surface area (Å²) >= 11 is 0. The fourth-order valence-electron chi connectivity index (χ4n) is 2.79. The molecule has 1 aromatic carbocycles. The maximum atomic E-state index is 12.5. The second-order valence-electron chi connectivity index (χ2n) is 5.47. The standard InChI is InChI=1S/C16H14N4O3/c21-16(20-7-6-12(9-20)15-17-10-22-19-15)13-8-14(23-18-13)11-4-2-1-3-5-11/h1-5,8,10,12H,6-7,9H2/t12-/m0/s1. The van der Waals surface area contributed by atoms with E-state index in [2.05, 4.69) is 15.3 Å². The van der Waals surface area contributed by atoms with Gasteiger partial charge in [0.2, 0.25) is 6.39 Å². The second-order valence-corrected chi connectivity index (χ2v) is 5.47. The summed E-state index contributed by atoms with van der Waals surface area (Å²) in [4.78, 5) is 18.3. The summed E-state index contributed by atoms with van der Waals surface area (Å²) in [5.74, 6) is 1.20. The number of likely N-dealkylation sites (tertiary alicyclic amines) is 1. The molecule has 0 spiro atoms. The van der Waals surface area contributed by atoms with E-state index in [4.69, 9.17) is 9.05 Å². The molecule has 1 fully saturated rings. The van der Waals surface area contributed by atoms with Gasteiger partial charge in [-0.15, -0.1) is 0 Å². The van der Waals surface area contributed by atoms with Gasteiger partial charge in [-0.3, -0.25) is 4.79 Å². The van der Waals surface area contributed by atoms with Crippen molar-refractivity contribution in [2.24, 2.45) is 0 Å². The lowest BCUT2D eigenvalue weighted by atomic mass is 10.1. The maximum Gasteiger partial charge on any atom is 0.276 e. The third kappa shape index (κ3) is 2.61. The van der Waals surface area contributed by atoms with E-state index in [-0.39, 0.29) is 11.8 Å². The monoisotopic (exact) mass is 310 g/mol. The first kappa shape index (κ1) is 13.7. The van der Waals surface area contributed by atoms with Crippen LogP contribution in [0.25, 0.3) is 11.3 Å². The fourth-order valence-corrected chi connectivity index (χ4v) is 2.79. The lowest BCUT2D eigenvalue weighted by molar-refractivity contribution is 0.0780. The molecule has 0 N–H and O–H groups in total. The first-order valence-corrected chi connectivity index (χ1v) is 7.39. The molecular weight excluding hydrogens is 296 g/mol. The molecule has 1 aliphatic heterocycles. The molecule has 7 nitrogen and oxygen atoms in total. The van der Waals surface area contributed by atoms with E-state index in [0.717, 1.165) is 12.0 Å². The SMILES string of the molecule is O=C(c1cc(-c2ccccc2)on1)N1CC[C@H](c2ncon2)C1. The number of hydrogen-bond acceptors (Lipinski definition) is 6. The lowest BCUT2D eigenvalue weighted by Crippen LogP contribution is -2.28. The number of amides is 1. The van der Waals surface area contributed by atoms with Crippen LogP contribution in [0.5, 0.6) is 0 Å². The molecule has 0 radical (unpaired) electrons. The van der Waals surface area contributed by atoms with Crippen LogP contribution < -0.4 is 0 Å². The van der Waals surface area contributed by atoms with Crippen LogP contribution in [0.4, 0.5) is 0 Å². The van der Waals surface area contributed by atoms with E-state index in [1.54, 1.807) is 11.0 Å². The Labute approximate surface area is 131 Å². The molecule has 1 amide bonds. The van der Waals surface area contributed by atoms with Crippen LogP contribution in [0.3, 0.4) is 0 Å². The Morgan fingerprint density at radius 1 is 1.22 bits per heavy atom. The Bertz CT molecular complexity index is 798. The molecule has 23 heavy (non-hydrogen) atoms. The van der Waals surface area contributed by atoms with Crippen molar-refractivity contribution in [2.75, 3.05) is 13.1 Å². The molecule has 0 saturated carbocycles. The van der Waals surface area contributed by atoms with E-state index in [9.17, 15) is 4.79 Å². The van der Waals surface area contributed by atoms with E-state index in [1.807, 2.05) is 30.3 Å². The first-order valence-electron chi connectivity index (χ1n) is 7.39. The molecule has 1 atom stereocenters. The zero-order chi connectivity index (χ0) is 15.6. The van der Waals surface area contributed by atoms with Gasteiger partial charge in [0.25, 0.3) is 5.91 Å². The van der Waals surface area contributed by atoms with Crippen LogP contribution in [0.2, 0.25) is 0 Å². The normalized spacial score (nSPS) is 17.6. The predicted octanol–water partition coefficient (Wildman–Crippen LogP) is 2.35. The van der Waals surface area contributed by atoms with Gasteiger partial charge in [-0.05, 0) is 6.42 Å². The Kier molecular flexibility index (Phi) is 3.38. The Morgan fingerprint density at radius 2 is 2.09 bits per heavy atom. The zero-order valence-corrected chi connectivity index (χ0v) is 12.3. The van der Waals surface area contributed by atoms with Crippen LogP contribution in [-0.4, -0.2) is 39.2 Å². The lowest BCUT2D eigenvalue weighted by Gasteiger charge is -2.13. The summed E-state index contributed by atoms with van der Waals surface area (Å²) in [5, 5.41) is 7.76. The molecule has 3 aromatic rings. The molecule has 0 aliphatic carbocycles. The number of carbonyl (C=O) groups is 1. The number of benzene rings is 1. The average Bonchev–Trinajstić information content (AvgIpc) is 3.35. The third-order valence-corrected chi connectivity index (χ3v) is 4.01. The number of aromatic nitrogens is 3. The van der Waals surface area contributed by atoms with Gasteiger partial charge in [0.15, 0.2) is 17.3 Å². The second kappa shape index (κ2) is 5.68. The average molecular weight is 310 g/mol. The fraction of sp³-hybridized carbons (Fsp3) is 0.250. The van der Waals surface area contributed by atoms with Crippen molar-refractivity contribution >= 4 is 5.91 Å². The van der Waals surface area contributed by atoms with Gasteiger partial charge >= 0.3 is 0 Å². The molecule has 0 unspecified atom stereocenters. The quantitative estimate of drug-likeness (QED) is 0.738. The van der Waals surface area contributed by atoms with Gasteiger partial charge in [-0.2, -0.15) is 4.98 Å². The smallest absolute Gasteiger partial charge is 0.276 e. The minimum atomic E-state index is -0.137. The van der Waals surface area contributed by atoms with Crippen molar-refractivity contribution in [2.45, 2.75) is 12.3 Å². The molecule has 4 rings (SSSR count). The highest BCUT2D eigenvalue weighted by molar-refractivity contribution is 5.93. The van der Waals surface area contributed by atoms with Crippen LogP contribution in [-0.2, 0) is 0 Å². The van der Waals surface area contributed by atoms with E-state index in [0.29, 0.717) is 30.4 Å². The van der Waals surface area contributed by atoms with Crippen molar-refractivity contribution in [3.63, 3.8) is 0 Å². The van der Waals surface area contributed by atoms with Gasteiger partial charge < -0.3 is 13.9 Å². The topological polar surface area (TPSA) is 85.3 Å². The van der Waals surface area contributed by atoms with Crippen LogP contribution in [0, 0.1) is 0 Å². The van der Waals surface area contributed by atoms with Crippen molar-refractivity contribution in [1.82, 2.24) is 20.2 Å². The maximum absolute atomic E-state index is 12.5. The number of nitrogens with zero attached hydrogens (tertiary/aromatic N) is 4. The van der Waals surface area contributed by atoms with Gasteiger partial charge in [0.1, 0.15) is 0 Å². The summed E-state index contributed by atoms with van der Waals surface area (Å²) < 4.78 is 10.1. The highest BCUT2D eigenvalue weighted by atomic mass is 16.5. The highest BCUT2D eigenvalue weighted by Crippen LogP contribution is 2.26. The molecule has 7 heteroatoms. The van der Waals surface area contributed by atoms with Crippen molar-refractivity contribution in [1.29, 1.82) is 0 Å². The van der Waals surface area contributed by atoms with E-state index in [1.165, 1.54) is 6.39 Å². The highest BCUT2D eigenvalue weighted by Gasteiger charge is 2.31. The number of carbonyl (C=O) groups excluding carboxylic acids is 1. The van der Waals surface area contributed by atoms with Crippen molar-refractivity contribution < 1.29 is 13.8 Å². The van der Waals surface area contributed by atoms with Gasteiger partial charge in [0.05, 0.1) is 0 Å². The van der Waals surface area contributed by atoms with E-state index >= 15 is 0 Å². The molecule has 1 aliphatic rings. The number of hydrogen-bond donors (Lipinski definition) is 0. The van der Waals surface area contributed by atoms with Gasteiger partial charge in [0, 0.05) is 30.6 Å². The van der Waals surface area contributed by atoms with Crippen molar-refractivity contribution in [3.05, 3.63) is 54.3 Å². The van der Waals surface area contributed by atoms with Crippen molar-refractivity contribution in [3.8, 4) is 11.3 Å². The predicted molar refractivity (Wildman–Crippen MR) is 79.5 cm³/mol. The van der Waals surface area contributed by atoms with Crippen LogP contribution in [0.15, 0.2) is 51.8 Å². The molecule has 116 valence electrons. The summed E-state index contributed by atoms with van der Waals surface area (Å²) in [6, 6.07) is 11.3. The minimum absolute atomic E-state index is 0.109. The molecule has 2 aromatic heterocycles. The summed E-state index contributed by atoms with van der Waals surface area (Å²) in [6.45, 7) is 1.21. The van der Waals surface area contributed by atoms with E-state index < -0.39 is 0 Å². The third-order valence-electron chi connectivity index (χ3n) is 4.01. The Balaban J connectivity index is 1.49.